The molecule has 1 N–H and O–H groups in total. The Morgan fingerprint density at radius 1 is 1.30 bits per heavy atom. The number of nitrogens with zero attached hydrogens (tertiary/aromatic N) is 2. The minimum atomic E-state index is -0.229. The quantitative estimate of drug-likeness (QED) is 0.851. The Hall–Kier alpha value is -1.46. The van der Waals surface area contributed by atoms with Gasteiger partial charge < -0.3 is 0 Å². The average Bonchev–Trinajstić information content (AvgIpc) is 2.75. The van der Waals surface area contributed by atoms with E-state index in [1.807, 2.05) is 5.38 Å². The molecule has 0 aliphatic heterocycles. The lowest BCUT2D eigenvalue weighted by molar-refractivity contribution is 0.102. The number of amides is 1. The van der Waals surface area contributed by atoms with Crippen molar-refractivity contribution in [1.82, 2.24) is 9.97 Å². The number of nitrogens with one attached hydrogen (secondary N) is 1. The van der Waals surface area contributed by atoms with Gasteiger partial charge in [-0.2, -0.15) is 0 Å². The minimum absolute atomic E-state index is 0.0317. The monoisotopic (exact) mass is 309 g/mol. The second-order valence-corrected chi connectivity index (χ2v) is 6.81. The second-order valence-electron chi connectivity index (χ2n) is 5.56. The molecule has 2 heterocycles. The highest BCUT2D eigenvalue weighted by atomic mass is 35.5. The first kappa shape index (κ1) is 14.9. The Balaban J connectivity index is 2.17. The molecule has 2 rings (SSSR count). The molecule has 1 amide bonds. The van der Waals surface area contributed by atoms with Gasteiger partial charge in [0, 0.05) is 22.1 Å². The minimum Gasteiger partial charge on any atom is -0.298 e. The molecule has 0 aliphatic carbocycles. The Morgan fingerprint density at radius 2 is 2.00 bits per heavy atom. The third kappa shape index (κ3) is 3.55. The normalized spacial score (nSPS) is 11.4. The average molecular weight is 310 g/mol. The Kier molecular flexibility index (Phi) is 4.11. The van der Waals surface area contributed by atoms with Crippen LogP contribution in [0.2, 0.25) is 5.15 Å². The number of hydrogen-bond donors (Lipinski definition) is 1. The predicted octanol–water partition coefficient (Wildman–Crippen LogP) is 4.05. The Bertz CT molecular complexity index is 626. The first-order valence-corrected chi connectivity index (χ1v) is 7.43. The van der Waals surface area contributed by atoms with Crippen LogP contribution in [0.15, 0.2) is 17.5 Å². The van der Waals surface area contributed by atoms with Crippen molar-refractivity contribution in [3.05, 3.63) is 39.6 Å². The summed E-state index contributed by atoms with van der Waals surface area (Å²) in [5.74, 6) is -0.229. The van der Waals surface area contributed by atoms with Crippen molar-refractivity contribution in [3.8, 4) is 0 Å². The molecule has 0 aromatic carbocycles. The number of aryl methyl sites for hydroxylation is 1. The van der Waals surface area contributed by atoms with Crippen molar-refractivity contribution in [2.24, 2.45) is 0 Å². The van der Waals surface area contributed by atoms with E-state index in [-0.39, 0.29) is 11.3 Å². The van der Waals surface area contributed by atoms with E-state index >= 15 is 0 Å². The summed E-state index contributed by atoms with van der Waals surface area (Å²) < 4.78 is 0. The van der Waals surface area contributed by atoms with Crippen molar-refractivity contribution in [3.63, 3.8) is 0 Å². The zero-order valence-corrected chi connectivity index (χ0v) is 13.4. The molecule has 0 saturated carbocycles. The molecule has 20 heavy (non-hydrogen) atoms. The number of carbonyl (C=O) groups is 1. The smallest absolute Gasteiger partial charge is 0.257 e. The molecule has 106 valence electrons. The van der Waals surface area contributed by atoms with E-state index in [2.05, 4.69) is 36.1 Å². The molecule has 0 radical (unpaired) electrons. The third-order valence-electron chi connectivity index (χ3n) is 2.68. The molecule has 0 spiro atoms. The number of aromatic nitrogens is 2. The highest BCUT2D eigenvalue weighted by Gasteiger charge is 2.18. The molecular formula is C14H16ClN3OS. The largest absolute Gasteiger partial charge is 0.298 e. The van der Waals surface area contributed by atoms with Gasteiger partial charge in [0.05, 0.1) is 5.69 Å². The van der Waals surface area contributed by atoms with Gasteiger partial charge in [-0.15, -0.1) is 11.3 Å². The maximum absolute atomic E-state index is 12.1. The van der Waals surface area contributed by atoms with Gasteiger partial charge in [-0.25, -0.2) is 9.97 Å². The Morgan fingerprint density at radius 3 is 2.55 bits per heavy atom. The van der Waals surface area contributed by atoms with Gasteiger partial charge in [0.15, 0.2) is 5.13 Å². The number of rotatable bonds is 2. The molecule has 2 aromatic rings. The lowest BCUT2D eigenvalue weighted by Gasteiger charge is -2.14. The van der Waals surface area contributed by atoms with Gasteiger partial charge in [0.1, 0.15) is 5.15 Å². The van der Waals surface area contributed by atoms with E-state index in [1.54, 1.807) is 19.1 Å². The molecule has 0 aliphatic rings. The summed E-state index contributed by atoms with van der Waals surface area (Å²) in [6.07, 6.45) is 0. The van der Waals surface area contributed by atoms with E-state index in [0.717, 1.165) is 5.69 Å². The number of thiazole rings is 1. The standard InChI is InChI=1S/C14H16ClN3OS/c1-8-5-9(6-11(15)16-8)12(19)18-13-17-10(7-20-13)14(2,3)4/h5-7H,1-4H3,(H,17,18,19). The summed E-state index contributed by atoms with van der Waals surface area (Å²) in [5.41, 5.74) is 2.12. The number of anilines is 1. The first-order valence-electron chi connectivity index (χ1n) is 6.17. The van der Waals surface area contributed by atoms with Crippen LogP contribution in [0.1, 0.15) is 42.5 Å². The Labute approximate surface area is 127 Å². The molecule has 0 saturated heterocycles. The van der Waals surface area contributed by atoms with E-state index < -0.39 is 0 Å². The molecular weight excluding hydrogens is 294 g/mol. The first-order chi connectivity index (χ1) is 9.25. The molecule has 0 unspecified atom stereocenters. The van der Waals surface area contributed by atoms with Gasteiger partial charge in [-0.1, -0.05) is 32.4 Å². The summed E-state index contributed by atoms with van der Waals surface area (Å²) in [4.78, 5) is 20.6. The van der Waals surface area contributed by atoms with Crippen LogP contribution < -0.4 is 5.32 Å². The van der Waals surface area contributed by atoms with Crippen LogP contribution >= 0.6 is 22.9 Å². The molecule has 0 bridgehead atoms. The van der Waals surface area contributed by atoms with Crippen LogP contribution in [0, 0.1) is 6.92 Å². The summed E-state index contributed by atoms with van der Waals surface area (Å²) in [7, 11) is 0. The van der Waals surface area contributed by atoms with Crippen LogP contribution in [0.5, 0.6) is 0 Å². The summed E-state index contributed by atoms with van der Waals surface area (Å²) in [6.45, 7) is 8.04. The van der Waals surface area contributed by atoms with Crippen LogP contribution in [0.4, 0.5) is 5.13 Å². The van der Waals surface area contributed by atoms with E-state index in [9.17, 15) is 4.79 Å². The van der Waals surface area contributed by atoms with Crippen molar-refractivity contribution in [1.29, 1.82) is 0 Å². The van der Waals surface area contributed by atoms with E-state index in [4.69, 9.17) is 11.6 Å². The zero-order chi connectivity index (χ0) is 14.9. The summed E-state index contributed by atoms with van der Waals surface area (Å²) in [5, 5.41) is 5.64. The zero-order valence-electron chi connectivity index (χ0n) is 11.8. The summed E-state index contributed by atoms with van der Waals surface area (Å²) >= 11 is 7.27. The maximum Gasteiger partial charge on any atom is 0.257 e. The van der Waals surface area contributed by atoms with Crippen LogP contribution in [0.25, 0.3) is 0 Å². The predicted molar refractivity (Wildman–Crippen MR) is 82.8 cm³/mol. The molecule has 6 heteroatoms. The topological polar surface area (TPSA) is 54.9 Å². The molecule has 2 aromatic heterocycles. The van der Waals surface area contributed by atoms with Crippen LogP contribution in [-0.2, 0) is 5.41 Å². The van der Waals surface area contributed by atoms with Crippen molar-refractivity contribution >= 4 is 34.0 Å². The molecule has 0 fully saturated rings. The van der Waals surface area contributed by atoms with E-state index in [0.29, 0.717) is 21.5 Å². The van der Waals surface area contributed by atoms with Gasteiger partial charge in [-0.05, 0) is 19.1 Å². The van der Waals surface area contributed by atoms with Crippen LogP contribution in [-0.4, -0.2) is 15.9 Å². The lowest BCUT2D eigenvalue weighted by atomic mass is 9.93. The lowest BCUT2D eigenvalue weighted by Crippen LogP contribution is -2.14. The van der Waals surface area contributed by atoms with Gasteiger partial charge in [0.2, 0.25) is 0 Å². The highest BCUT2D eigenvalue weighted by molar-refractivity contribution is 7.14. The summed E-state index contributed by atoms with van der Waals surface area (Å²) in [6, 6.07) is 3.24. The third-order valence-corrected chi connectivity index (χ3v) is 3.63. The van der Waals surface area contributed by atoms with Crippen LogP contribution in [0.3, 0.4) is 0 Å². The van der Waals surface area contributed by atoms with E-state index in [1.165, 1.54) is 11.3 Å². The SMILES string of the molecule is Cc1cc(C(=O)Nc2nc(C(C)(C)C)cs2)cc(Cl)n1. The van der Waals surface area contributed by atoms with Crippen molar-refractivity contribution < 1.29 is 4.79 Å². The van der Waals surface area contributed by atoms with Gasteiger partial charge in [0.25, 0.3) is 5.91 Å². The number of hydrogen-bond acceptors (Lipinski definition) is 4. The number of halogens is 1. The fraction of sp³-hybridized carbons (Fsp3) is 0.357. The molecule has 4 nitrogen and oxygen atoms in total. The highest BCUT2D eigenvalue weighted by Crippen LogP contribution is 2.26. The number of carbonyl (C=O) groups excluding carboxylic acids is 1. The van der Waals surface area contributed by atoms with Crippen molar-refractivity contribution in [2.45, 2.75) is 33.1 Å². The number of pyridine rings is 1. The molecule has 0 atom stereocenters. The van der Waals surface area contributed by atoms with Crippen molar-refractivity contribution in [2.75, 3.05) is 5.32 Å². The fourth-order valence-corrected chi connectivity index (χ4v) is 2.79. The fourth-order valence-electron chi connectivity index (χ4n) is 1.60. The second kappa shape index (κ2) is 5.50. The van der Waals surface area contributed by atoms with Gasteiger partial charge >= 0.3 is 0 Å². The van der Waals surface area contributed by atoms with Gasteiger partial charge in [-0.3, -0.25) is 10.1 Å². The maximum atomic E-state index is 12.1.